The zero-order valence-electron chi connectivity index (χ0n) is 13.2. The predicted octanol–water partition coefficient (Wildman–Crippen LogP) is 5.31. The largest absolute Gasteiger partial charge is 0.356 e. The lowest BCUT2D eigenvalue weighted by Crippen LogP contribution is -2.26. The summed E-state index contributed by atoms with van der Waals surface area (Å²) in [5.41, 5.74) is 0. The molecule has 0 amide bonds. The molecule has 0 aliphatic carbocycles. The molecule has 0 radical (unpaired) electrons. The maximum Gasteiger partial charge on any atom is 0.225 e. The molecule has 116 valence electrons. The molecule has 2 aromatic heterocycles. The lowest BCUT2D eigenvalue weighted by molar-refractivity contribution is 0.673. The van der Waals surface area contributed by atoms with Crippen LogP contribution in [-0.2, 0) is 6.42 Å². The third-order valence-electron chi connectivity index (χ3n) is 3.61. The number of nitrogens with zero attached hydrogens (tertiary/aromatic N) is 3. The molecule has 0 aliphatic heterocycles. The molecule has 0 atom stereocenters. The van der Waals surface area contributed by atoms with Gasteiger partial charge in [-0.15, -0.1) is 11.3 Å². The summed E-state index contributed by atoms with van der Waals surface area (Å²) in [5.74, 6) is 1.02. The van der Waals surface area contributed by atoms with Gasteiger partial charge in [0.05, 0.1) is 5.39 Å². The van der Waals surface area contributed by atoms with Gasteiger partial charge in [0.25, 0.3) is 0 Å². The first-order valence-electron chi connectivity index (χ1n) is 7.90. The fraction of sp³-hybridized carbons (Fsp3) is 0.625. The first-order chi connectivity index (χ1) is 10.2. The summed E-state index contributed by atoms with van der Waals surface area (Å²) in [5, 5.41) is 1.52. The van der Waals surface area contributed by atoms with Gasteiger partial charge in [0.1, 0.15) is 10.6 Å². The zero-order valence-corrected chi connectivity index (χ0v) is 14.7. The van der Waals surface area contributed by atoms with Gasteiger partial charge >= 0.3 is 0 Å². The van der Waals surface area contributed by atoms with E-state index >= 15 is 0 Å². The van der Waals surface area contributed by atoms with Crippen LogP contribution in [0.4, 0.5) is 5.82 Å². The van der Waals surface area contributed by atoms with E-state index in [-0.39, 0.29) is 0 Å². The van der Waals surface area contributed by atoms with Crippen LogP contribution in [-0.4, -0.2) is 23.1 Å². The van der Waals surface area contributed by atoms with Gasteiger partial charge in [-0.3, -0.25) is 0 Å². The van der Waals surface area contributed by atoms with Crippen molar-refractivity contribution in [3.05, 3.63) is 16.2 Å². The summed E-state index contributed by atoms with van der Waals surface area (Å²) in [6, 6.07) is 2.23. The van der Waals surface area contributed by atoms with Crippen LogP contribution in [0.5, 0.6) is 0 Å². The molecule has 0 aliphatic rings. The summed E-state index contributed by atoms with van der Waals surface area (Å²) in [4.78, 5) is 13.7. The standard InChI is InChI=1S/C16H24ClN3S/c1-4-7-9-20(10-8-5-2)14-13-11-12(6-3)21-15(13)19-16(17)18-14/h11H,4-10H2,1-3H3. The van der Waals surface area contributed by atoms with Crippen LogP contribution in [0.15, 0.2) is 6.07 Å². The van der Waals surface area contributed by atoms with Crippen molar-refractivity contribution in [3.63, 3.8) is 0 Å². The van der Waals surface area contributed by atoms with Crippen LogP contribution in [0, 0.1) is 0 Å². The minimum absolute atomic E-state index is 0.361. The Morgan fingerprint density at radius 1 is 1.10 bits per heavy atom. The summed E-state index contributed by atoms with van der Waals surface area (Å²) >= 11 is 7.87. The van der Waals surface area contributed by atoms with Crippen molar-refractivity contribution in [2.75, 3.05) is 18.0 Å². The molecule has 2 heterocycles. The van der Waals surface area contributed by atoms with Gasteiger partial charge in [0, 0.05) is 18.0 Å². The summed E-state index contributed by atoms with van der Waals surface area (Å²) < 4.78 is 0. The summed E-state index contributed by atoms with van der Waals surface area (Å²) in [7, 11) is 0. The molecule has 21 heavy (non-hydrogen) atoms. The highest BCUT2D eigenvalue weighted by Gasteiger charge is 2.16. The maximum absolute atomic E-state index is 6.15. The number of aryl methyl sites for hydroxylation is 1. The molecule has 0 unspecified atom stereocenters. The van der Waals surface area contributed by atoms with Crippen molar-refractivity contribution in [2.45, 2.75) is 52.9 Å². The Kier molecular flexibility index (Phi) is 6.24. The molecule has 0 saturated heterocycles. The molecular formula is C16H24ClN3S. The van der Waals surface area contributed by atoms with Gasteiger partial charge in [0.15, 0.2) is 0 Å². The molecule has 0 fully saturated rings. The van der Waals surface area contributed by atoms with E-state index in [0.717, 1.165) is 35.5 Å². The highest BCUT2D eigenvalue weighted by Crippen LogP contribution is 2.32. The van der Waals surface area contributed by atoms with E-state index in [4.69, 9.17) is 11.6 Å². The Balaban J connectivity index is 2.41. The number of hydrogen-bond acceptors (Lipinski definition) is 4. The Morgan fingerprint density at radius 2 is 1.76 bits per heavy atom. The Labute approximate surface area is 136 Å². The number of fused-ring (bicyclic) bond motifs is 1. The van der Waals surface area contributed by atoms with Crippen LogP contribution in [0.25, 0.3) is 10.2 Å². The third kappa shape index (κ3) is 4.07. The molecule has 0 saturated carbocycles. The smallest absolute Gasteiger partial charge is 0.225 e. The summed E-state index contributed by atoms with van der Waals surface area (Å²) in [6.07, 6.45) is 5.76. The molecule has 0 bridgehead atoms. The second-order valence-electron chi connectivity index (χ2n) is 5.30. The third-order valence-corrected chi connectivity index (χ3v) is 4.95. The van der Waals surface area contributed by atoms with Gasteiger partial charge in [-0.05, 0) is 36.9 Å². The van der Waals surface area contributed by atoms with Crippen molar-refractivity contribution in [1.29, 1.82) is 0 Å². The van der Waals surface area contributed by atoms with Crippen LogP contribution < -0.4 is 4.90 Å². The second-order valence-corrected chi connectivity index (χ2v) is 6.75. The second kappa shape index (κ2) is 7.95. The van der Waals surface area contributed by atoms with Crippen molar-refractivity contribution in [1.82, 2.24) is 9.97 Å². The van der Waals surface area contributed by atoms with Gasteiger partial charge in [0.2, 0.25) is 5.28 Å². The highest BCUT2D eigenvalue weighted by molar-refractivity contribution is 7.18. The Morgan fingerprint density at radius 3 is 2.33 bits per heavy atom. The first kappa shape index (κ1) is 16.5. The van der Waals surface area contributed by atoms with Gasteiger partial charge < -0.3 is 4.90 Å². The monoisotopic (exact) mass is 325 g/mol. The van der Waals surface area contributed by atoms with Crippen molar-refractivity contribution < 1.29 is 0 Å². The number of unbranched alkanes of at least 4 members (excludes halogenated alkanes) is 2. The maximum atomic E-state index is 6.15. The van der Waals surface area contributed by atoms with E-state index in [1.54, 1.807) is 11.3 Å². The van der Waals surface area contributed by atoms with Crippen molar-refractivity contribution in [2.24, 2.45) is 0 Å². The summed E-state index contributed by atoms with van der Waals surface area (Å²) in [6.45, 7) is 8.69. The van der Waals surface area contributed by atoms with Crippen LogP contribution in [0.3, 0.4) is 0 Å². The molecule has 5 heteroatoms. The van der Waals surface area contributed by atoms with E-state index in [2.05, 4.69) is 41.7 Å². The molecule has 2 rings (SSSR count). The van der Waals surface area contributed by atoms with Gasteiger partial charge in [-0.25, -0.2) is 4.98 Å². The lowest BCUT2D eigenvalue weighted by Gasteiger charge is -2.24. The Bertz CT molecular complexity index is 574. The predicted molar refractivity (Wildman–Crippen MR) is 93.8 cm³/mol. The SMILES string of the molecule is CCCCN(CCCC)c1nc(Cl)nc2sc(CC)cc12. The number of hydrogen-bond donors (Lipinski definition) is 0. The molecule has 2 aromatic rings. The van der Waals surface area contributed by atoms with Crippen molar-refractivity contribution in [3.8, 4) is 0 Å². The highest BCUT2D eigenvalue weighted by atomic mass is 35.5. The fourth-order valence-corrected chi connectivity index (χ4v) is 3.54. The molecule has 0 aromatic carbocycles. The molecule has 0 spiro atoms. The normalized spacial score (nSPS) is 11.2. The Hall–Kier alpha value is -0.870. The van der Waals surface area contributed by atoms with Gasteiger partial charge in [-0.1, -0.05) is 33.6 Å². The minimum Gasteiger partial charge on any atom is -0.356 e. The number of halogens is 1. The molecule has 0 N–H and O–H groups in total. The average molecular weight is 326 g/mol. The average Bonchev–Trinajstić information content (AvgIpc) is 2.89. The van der Waals surface area contributed by atoms with Crippen molar-refractivity contribution >= 4 is 39.0 Å². The fourth-order valence-electron chi connectivity index (χ4n) is 2.37. The van der Waals surface area contributed by atoms with E-state index in [9.17, 15) is 0 Å². The first-order valence-corrected chi connectivity index (χ1v) is 9.09. The molecular weight excluding hydrogens is 302 g/mol. The lowest BCUT2D eigenvalue weighted by atomic mass is 10.2. The number of anilines is 1. The topological polar surface area (TPSA) is 29.0 Å². The van der Waals surface area contributed by atoms with Crippen LogP contribution in [0.2, 0.25) is 5.28 Å². The number of aromatic nitrogens is 2. The zero-order chi connectivity index (χ0) is 15.2. The van der Waals surface area contributed by atoms with E-state index in [1.807, 2.05) is 0 Å². The van der Waals surface area contributed by atoms with E-state index < -0.39 is 0 Å². The van der Waals surface area contributed by atoms with E-state index in [1.165, 1.54) is 30.6 Å². The van der Waals surface area contributed by atoms with Crippen LogP contribution >= 0.6 is 22.9 Å². The van der Waals surface area contributed by atoms with Gasteiger partial charge in [-0.2, -0.15) is 4.98 Å². The van der Waals surface area contributed by atoms with E-state index in [0.29, 0.717) is 5.28 Å². The molecule has 3 nitrogen and oxygen atoms in total. The number of thiophene rings is 1. The quantitative estimate of drug-likeness (QED) is 0.615. The minimum atomic E-state index is 0.361. The van der Waals surface area contributed by atoms with Crippen LogP contribution in [0.1, 0.15) is 51.3 Å². The number of rotatable bonds is 8.